The second-order valence-electron chi connectivity index (χ2n) is 13.5. The third-order valence-electron chi connectivity index (χ3n) is 9.22. The van der Waals surface area contributed by atoms with Crippen molar-refractivity contribution in [3.8, 4) is 33.1 Å². The molecule has 0 bridgehead atoms. The minimum Gasteiger partial charge on any atom is -0.341 e. The van der Waals surface area contributed by atoms with E-state index in [9.17, 15) is 9.59 Å². The SMILES string of the molecule is CCCN(Cc1ncc(-c2ccc(-c3nc4ccc(-c5cnc(C6CCCN6C(=O)Cc6ccccc6)[nH]5)cc4s3)cc2)[nH]1)C(=O)CC(C)C. The van der Waals surface area contributed by atoms with Crippen LogP contribution in [0, 0.1) is 5.92 Å². The Bertz CT molecular complexity index is 2080. The van der Waals surface area contributed by atoms with Gasteiger partial charge in [-0.25, -0.2) is 15.0 Å². The van der Waals surface area contributed by atoms with E-state index in [1.807, 2.05) is 52.5 Å². The number of fused-ring (bicyclic) bond motifs is 1. The second-order valence-corrected chi connectivity index (χ2v) is 14.6. The molecule has 1 aliphatic heterocycles. The van der Waals surface area contributed by atoms with E-state index < -0.39 is 0 Å². The molecule has 0 saturated carbocycles. The Morgan fingerprint density at radius 1 is 0.940 bits per heavy atom. The zero-order chi connectivity index (χ0) is 34.6. The number of aromatic amines is 2. The maximum Gasteiger partial charge on any atom is 0.227 e. The van der Waals surface area contributed by atoms with Gasteiger partial charge in [0.1, 0.15) is 16.7 Å². The number of nitrogens with one attached hydrogen (secondary N) is 2. The molecule has 1 fully saturated rings. The first-order chi connectivity index (χ1) is 24.3. The third kappa shape index (κ3) is 7.40. The molecule has 0 radical (unpaired) electrons. The van der Waals surface area contributed by atoms with Gasteiger partial charge in [0.25, 0.3) is 0 Å². The molecular formula is C40H43N7O2S. The van der Waals surface area contributed by atoms with E-state index in [2.05, 4.69) is 78.2 Å². The Hall–Kier alpha value is -5.09. The van der Waals surface area contributed by atoms with Gasteiger partial charge in [-0.15, -0.1) is 11.3 Å². The fourth-order valence-corrected chi connectivity index (χ4v) is 7.70. The van der Waals surface area contributed by atoms with Crippen LogP contribution in [0.3, 0.4) is 0 Å². The molecule has 0 spiro atoms. The van der Waals surface area contributed by atoms with Crippen molar-refractivity contribution in [1.29, 1.82) is 0 Å². The molecule has 1 aliphatic rings. The smallest absolute Gasteiger partial charge is 0.227 e. The first-order valence-electron chi connectivity index (χ1n) is 17.6. The number of carbonyl (C=O) groups is 2. The highest BCUT2D eigenvalue weighted by molar-refractivity contribution is 7.21. The fraction of sp³-hybridized carbons (Fsp3) is 0.325. The number of nitrogens with zero attached hydrogens (tertiary/aromatic N) is 5. The Labute approximate surface area is 296 Å². The molecule has 10 heteroatoms. The van der Waals surface area contributed by atoms with Crippen molar-refractivity contribution in [2.24, 2.45) is 5.92 Å². The molecule has 3 aromatic heterocycles. The van der Waals surface area contributed by atoms with Gasteiger partial charge in [0, 0.05) is 30.6 Å². The van der Waals surface area contributed by atoms with Gasteiger partial charge in [0.2, 0.25) is 11.8 Å². The van der Waals surface area contributed by atoms with Crippen LogP contribution >= 0.6 is 11.3 Å². The zero-order valence-corrected chi connectivity index (χ0v) is 29.7. The number of aromatic nitrogens is 5. The number of H-pyrrole nitrogens is 2. The summed E-state index contributed by atoms with van der Waals surface area (Å²) in [6, 6.07) is 24.5. The van der Waals surface area contributed by atoms with Crippen molar-refractivity contribution >= 4 is 33.4 Å². The molecular weight excluding hydrogens is 643 g/mol. The van der Waals surface area contributed by atoms with Crippen LogP contribution in [0.4, 0.5) is 0 Å². The summed E-state index contributed by atoms with van der Waals surface area (Å²) < 4.78 is 1.10. The number of hydrogen-bond donors (Lipinski definition) is 2. The van der Waals surface area contributed by atoms with Crippen LogP contribution < -0.4 is 0 Å². The van der Waals surface area contributed by atoms with Crippen LogP contribution in [0.15, 0.2) is 85.2 Å². The number of amides is 2. The maximum absolute atomic E-state index is 13.2. The van der Waals surface area contributed by atoms with Gasteiger partial charge in [-0.3, -0.25) is 9.59 Å². The number of hydrogen-bond acceptors (Lipinski definition) is 6. The molecule has 2 amide bonds. The number of benzene rings is 3. The fourth-order valence-electron chi connectivity index (χ4n) is 6.69. The number of imidazole rings is 2. The average Bonchev–Trinajstić information content (AvgIpc) is 3.94. The molecule has 2 N–H and O–H groups in total. The molecule has 7 rings (SSSR count). The van der Waals surface area contributed by atoms with Crippen molar-refractivity contribution < 1.29 is 9.59 Å². The molecule has 0 aliphatic carbocycles. The van der Waals surface area contributed by atoms with E-state index in [0.29, 0.717) is 25.3 Å². The highest BCUT2D eigenvalue weighted by atomic mass is 32.1. The molecule has 9 nitrogen and oxygen atoms in total. The summed E-state index contributed by atoms with van der Waals surface area (Å²) in [4.78, 5) is 51.0. The van der Waals surface area contributed by atoms with E-state index in [4.69, 9.17) is 9.97 Å². The summed E-state index contributed by atoms with van der Waals surface area (Å²) in [5, 5.41) is 0.955. The average molecular weight is 686 g/mol. The van der Waals surface area contributed by atoms with Gasteiger partial charge < -0.3 is 19.8 Å². The van der Waals surface area contributed by atoms with Crippen LogP contribution in [0.25, 0.3) is 43.3 Å². The van der Waals surface area contributed by atoms with E-state index in [-0.39, 0.29) is 17.9 Å². The van der Waals surface area contributed by atoms with E-state index in [1.54, 1.807) is 11.3 Å². The first-order valence-corrected chi connectivity index (χ1v) is 18.4. The maximum atomic E-state index is 13.2. The van der Waals surface area contributed by atoms with Crippen molar-refractivity contribution in [3.63, 3.8) is 0 Å². The zero-order valence-electron chi connectivity index (χ0n) is 28.9. The Morgan fingerprint density at radius 2 is 1.68 bits per heavy atom. The predicted molar refractivity (Wildman–Crippen MR) is 199 cm³/mol. The van der Waals surface area contributed by atoms with Gasteiger partial charge in [-0.1, -0.05) is 81.4 Å². The van der Waals surface area contributed by atoms with Crippen LogP contribution in [0.2, 0.25) is 0 Å². The lowest BCUT2D eigenvalue weighted by Crippen LogP contribution is -2.32. The standard InChI is InChI=1S/C40H43N7O2S/c1-4-18-46(37(48)20-26(2)3)25-36-41-23-32(43-36)28-12-14-29(15-13-28)40-45-31-17-16-30(22-35(31)50-40)33-24-42-39(44-33)34-11-8-19-47(34)38(49)21-27-9-6-5-7-10-27/h5-7,9-10,12-17,22-24,26,34H,4,8,11,18-21,25H2,1-3H3,(H,41,43)(H,42,44). The van der Waals surface area contributed by atoms with Crippen molar-refractivity contribution in [2.45, 2.75) is 65.5 Å². The Kier molecular flexibility index (Phi) is 9.89. The molecule has 1 unspecified atom stereocenters. The van der Waals surface area contributed by atoms with Gasteiger partial charge >= 0.3 is 0 Å². The monoisotopic (exact) mass is 685 g/mol. The van der Waals surface area contributed by atoms with Crippen LogP contribution in [0.1, 0.15) is 69.7 Å². The highest BCUT2D eigenvalue weighted by Crippen LogP contribution is 2.35. The first kappa shape index (κ1) is 33.4. The largest absolute Gasteiger partial charge is 0.341 e. The summed E-state index contributed by atoms with van der Waals surface area (Å²) in [7, 11) is 0. The number of likely N-dealkylation sites (tertiary alicyclic amines) is 1. The molecule has 50 heavy (non-hydrogen) atoms. The summed E-state index contributed by atoms with van der Waals surface area (Å²) >= 11 is 1.66. The molecule has 3 aromatic carbocycles. The Morgan fingerprint density at radius 3 is 2.46 bits per heavy atom. The van der Waals surface area contributed by atoms with E-state index in [1.165, 1.54) is 0 Å². The van der Waals surface area contributed by atoms with Crippen molar-refractivity contribution in [3.05, 3.63) is 102 Å². The Balaban J connectivity index is 1.03. The minimum absolute atomic E-state index is 0.0373. The molecule has 256 valence electrons. The summed E-state index contributed by atoms with van der Waals surface area (Å²) in [6.45, 7) is 8.19. The normalized spacial score (nSPS) is 14.6. The molecule has 1 saturated heterocycles. The predicted octanol–water partition coefficient (Wildman–Crippen LogP) is 8.43. The quantitative estimate of drug-likeness (QED) is 0.134. The number of carbonyl (C=O) groups excluding carboxylic acids is 2. The van der Waals surface area contributed by atoms with E-state index >= 15 is 0 Å². The molecule has 1 atom stereocenters. The van der Waals surface area contributed by atoms with E-state index in [0.717, 1.165) is 92.9 Å². The van der Waals surface area contributed by atoms with Crippen molar-refractivity contribution in [1.82, 2.24) is 34.7 Å². The number of rotatable bonds is 12. The van der Waals surface area contributed by atoms with Crippen LogP contribution in [-0.2, 0) is 22.6 Å². The van der Waals surface area contributed by atoms with Gasteiger partial charge in [0.15, 0.2) is 0 Å². The van der Waals surface area contributed by atoms with Gasteiger partial charge in [-0.2, -0.15) is 0 Å². The minimum atomic E-state index is -0.0373. The topological polar surface area (TPSA) is 111 Å². The summed E-state index contributed by atoms with van der Waals surface area (Å²) in [5.74, 6) is 2.27. The molecule has 4 heterocycles. The van der Waals surface area contributed by atoms with Crippen LogP contribution in [0.5, 0.6) is 0 Å². The number of thiazole rings is 1. The van der Waals surface area contributed by atoms with Crippen LogP contribution in [-0.4, -0.2) is 59.6 Å². The lowest BCUT2D eigenvalue weighted by atomic mass is 10.1. The van der Waals surface area contributed by atoms with Gasteiger partial charge in [0.05, 0.1) is 53.0 Å². The lowest BCUT2D eigenvalue weighted by molar-refractivity contribution is -0.133. The lowest BCUT2D eigenvalue weighted by Gasteiger charge is -2.23. The summed E-state index contributed by atoms with van der Waals surface area (Å²) in [5.41, 5.74) is 6.97. The second kappa shape index (κ2) is 14.8. The summed E-state index contributed by atoms with van der Waals surface area (Å²) in [6.07, 6.45) is 7.46. The highest BCUT2D eigenvalue weighted by Gasteiger charge is 2.32. The van der Waals surface area contributed by atoms with Crippen molar-refractivity contribution in [2.75, 3.05) is 13.1 Å². The third-order valence-corrected chi connectivity index (χ3v) is 10.3. The molecule has 6 aromatic rings. The van der Waals surface area contributed by atoms with Gasteiger partial charge in [-0.05, 0) is 48.4 Å².